The lowest BCUT2D eigenvalue weighted by atomic mass is 9.82. The molecule has 2 nitrogen and oxygen atoms in total. The van der Waals surface area contributed by atoms with Crippen molar-refractivity contribution in [3.63, 3.8) is 0 Å². The van der Waals surface area contributed by atoms with Gasteiger partial charge in [-0.1, -0.05) is 26.8 Å². The van der Waals surface area contributed by atoms with Crippen LogP contribution in [0.25, 0.3) is 0 Å². The molecule has 19 heavy (non-hydrogen) atoms. The van der Waals surface area contributed by atoms with Crippen LogP contribution in [0.3, 0.4) is 0 Å². The minimum absolute atomic E-state index is 0.0948. The van der Waals surface area contributed by atoms with Gasteiger partial charge in [-0.25, -0.2) is 0 Å². The fourth-order valence-corrected chi connectivity index (χ4v) is 2.24. The number of ether oxygens (including phenoxy) is 1. The van der Waals surface area contributed by atoms with Crippen molar-refractivity contribution >= 4 is 0 Å². The summed E-state index contributed by atoms with van der Waals surface area (Å²) in [6.45, 7) is 13.3. The third-order valence-corrected chi connectivity index (χ3v) is 3.78. The van der Waals surface area contributed by atoms with Crippen LogP contribution in [-0.2, 0) is 11.8 Å². The van der Waals surface area contributed by atoms with E-state index >= 15 is 0 Å². The molecule has 1 aromatic rings. The van der Waals surface area contributed by atoms with Crippen LogP contribution in [0.4, 0.5) is 0 Å². The molecule has 0 amide bonds. The van der Waals surface area contributed by atoms with Gasteiger partial charge in [0.05, 0.1) is 7.11 Å². The summed E-state index contributed by atoms with van der Waals surface area (Å²) in [4.78, 5) is 0. The second-order valence-electron chi connectivity index (χ2n) is 7.04. The highest BCUT2D eigenvalue weighted by Crippen LogP contribution is 2.34. The predicted molar refractivity (Wildman–Crippen MR) is 83.3 cm³/mol. The summed E-state index contributed by atoms with van der Waals surface area (Å²) in [5.74, 6) is 0.996. The van der Waals surface area contributed by atoms with Crippen LogP contribution in [0.5, 0.6) is 5.75 Å². The number of likely N-dealkylation sites (N-methyl/N-ethyl adjacent to an activating group) is 1. The van der Waals surface area contributed by atoms with Crippen LogP contribution in [0.15, 0.2) is 12.1 Å². The van der Waals surface area contributed by atoms with E-state index in [1.54, 1.807) is 7.11 Å². The average Bonchev–Trinajstić information content (AvgIpc) is 2.29. The molecule has 1 aromatic carbocycles. The van der Waals surface area contributed by atoms with Crippen LogP contribution in [0.1, 0.15) is 51.3 Å². The van der Waals surface area contributed by atoms with Gasteiger partial charge in [-0.3, -0.25) is 0 Å². The van der Waals surface area contributed by atoms with Crippen molar-refractivity contribution in [1.29, 1.82) is 0 Å². The molecule has 0 spiro atoms. The van der Waals surface area contributed by atoms with Gasteiger partial charge in [0.1, 0.15) is 5.75 Å². The van der Waals surface area contributed by atoms with E-state index in [1.807, 2.05) is 7.05 Å². The maximum atomic E-state index is 5.55. The predicted octanol–water partition coefficient (Wildman–Crippen LogP) is 3.84. The van der Waals surface area contributed by atoms with Gasteiger partial charge in [0, 0.05) is 5.54 Å². The van der Waals surface area contributed by atoms with Gasteiger partial charge in [-0.2, -0.15) is 0 Å². The van der Waals surface area contributed by atoms with Crippen LogP contribution in [0, 0.1) is 6.92 Å². The second-order valence-corrected chi connectivity index (χ2v) is 7.04. The van der Waals surface area contributed by atoms with E-state index in [2.05, 4.69) is 59.0 Å². The van der Waals surface area contributed by atoms with Crippen LogP contribution in [-0.4, -0.2) is 19.7 Å². The third kappa shape index (κ3) is 3.97. The molecule has 0 saturated carbocycles. The molecule has 0 aliphatic heterocycles. The van der Waals surface area contributed by atoms with E-state index in [0.29, 0.717) is 0 Å². The molecule has 0 atom stereocenters. The number of hydrogen-bond donors (Lipinski definition) is 1. The largest absolute Gasteiger partial charge is 0.496 e. The first kappa shape index (κ1) is 16.0. The minimum atomic E-state index is 0.0948. The van der Waals surface area contributed by atoms with Gasteiger partial charge in [0.25, 0.3) is 0 Å². The normalized spacial score (nSPS) is 12.6. The zero-order valence-electron chi connectivity index (χ0n) is 13.8. The lowest BCUT2D eigenvalue weighted by Gasteiger charge is -2.28. The molecule has 1 N–H and O–H groups in total. The van der Waals surface area contributed by atoms with E-state index in [9.17, 15) is 0 Å². The number of aryl methyl sites for hydroxylation is 1. The maximum absolute atomic E-state index is 5.55. The van der Waals surface area contributed by atoms with Crippen molar-refractivity contribution < 1.29 is 4.74 Å². The monoisotopic (exact) mass is 263 g/mol. The highest BCUT2D eigenvalue weighted by molar-refractivity contribution is 5.46. The highest BCUT2D eigenvalue weighted by atomic mass is 16.5. The molecule has 2 heteroatoms. The lowest BCUT2D eigenvalue weighted by molar-refractivity contribution is 0.394. The molecular formula is C17H29NO. The van der Waals surface area contributed by atoms with Crippen LogP contribution >= 0.6 is 0 Å². The summed E-state index contributed by atoms with van der Waals surface area (Å²) >= 11 is 0. The summed E-state index contributed by atoms with van der Waals surface area (Å²) in [7, 11) is 3.77. The van der Waals surface area contributed by atoms with Crippen molar-refractivity contribution in [3.8, 4) is 5.75 Å². The Morgan fingerprint density at radius 1 is 1.11 bits per heavy atom. The van der Waals surface area contributed by atoms with Gasteiger partial charge in [0.2, 0.25) is 0 Å². The Hall–Kier alpha value is -1.02. The summed E-state index contributed by atoms with van der Waals surface area (Å²) < 4.78 is 5.55. The molecule has 0 bridgehead atoms. The summed E-state index contributed by atoms with van der Waals surface area (Å²) in [6, 6.07) is 4.48. The highest BCUT2D eigenvalue weighted by Gasteiger charge is 2.23. The Kier molecular flexibility index (Phi) is 4.67. The fourth-order valence-electron chi connectivity index (χ4n) is 2.24. The molecule has 108 valence electrons. The van der Waals surface area contributed by atoms with E-state index in [-0.39, 0.29) is 11.0 Å². The Labute approximate surface area is 118 Å². The van der Waals surface area contributed by atoms with Crippen molar-refractivity contribution in [2.45, 2.75) is 58.9 Å². The fraction of sp³-hybridized carbons (Fsp3) is 0.647. The van der Waals surface area contributed by atoms with Gasteiger partial charge >= 0.3 is 0 Å². The van der Waals surface area contributed by atoms with Crippen LogP contribution < -0.4 is 10.1 Å². The Morgan fingerprint density at radius 3 is 2.11 bits per heavy atom. The van der Waals surface area contributed by atoms with E-state index in [0.717, 1.165) is 12.2 Å². The molecule has 0 radical (unpaired) electrons. The smallest absolute Gasteiger partial charge is 0.122 e. The molecule has 0 aromatic heterocycles. The lowest BCUT2D eigenvalue weighted by Crippen LogP contribution is -2.38. The Morgan fingerprint density at radius 2 is 1.68 bits per heavy atom. The minimum Gasteiger partial charge on any atom is -0.496 e. The van der Waals surface area contributed by atoms with E-state index in [4.69, 9.17) is 4.74 Å². The molecular weight excluding hydrogens is 234 g/mol. The molecule has 0 heterocycles. The zero-order chi connectivity index (χ0) is 14.8. The van der Waals surface area contributed by atoms with Gasteiger partial charge in [0.15, 0.2) is 0 Å². The molecule has 0 unspecified atom stereocenters. The number of rotatable bonds is 4. The number of nitrogens with one attached hydrogen (secondary N) is 1. The molecule has 0 aliphatic rings. The first-order chi connectivity index (χ1) is 8.60. The second kappa shape index (κ2) is 5.54. The van der Waals surface area contributed by atoms with Crippen molar-refractivity contribution in [2.75, 3.05) is 14.2 Å². The summed E-state index contributed by atoms with van der Waals surface area (Å²) in [5.41, 5.74) is 4.17. The molecule has 0 saturated heterocycles. The quantitative estimate of drug-likeness (QED) is 0.891. The standard InChI is InChI=1S/C17H29NO/c1-12-9-15(19-8)14(16(2,3)4)10-13(12)11-17(5,6)18-7/h9-10,18H,11H2,1-8H3. The van der Waals surface area contributed by atoms with E-state index < -0.39 is 0 Å². The average molecular weight is 263 g/mol. The van der Waals surface area contributed by atoms with Gasteiger partial charge in [-0.05, 0) is 62.4 Å². The summed E-state index contributed by atoms with van der Waals surface area (Å²) in [5, 5.41) is 3.37. The van der Waals surface area contributed by atoms with Crippen molar-refractivity contribution in [2.24, 2.45) is 0 Å². The number of benzene rings is 1. The first-order valence-electron chi connectivity index (χ1n) is 6.97. The number of hydrogen-bond acceptors (Lipinski definition) is 2. The zero-order valence-corrected chi connectivity index (χ0v) is 13.8. The van der Waals surface area contributed by atoms with Gasteiger partial charge in [-0.15, -0.1) is 0 Å². The van der Waals surface area contributed by atoms with E-state index in [1.165, 1.54) is 16.7 Å². The number of methoxy groups -OCH3 is 1. The third-order valence-electron chi connectivity index (χ3n) is 3.78. The Balaban J connectivity index is 3.28. The van der Waals surface area contributed by atoms with Crippen LogP contribution in [0.2, 0.25) is 0 Å². The molecule has 0 fully saturated rings. The molecule has 0 aliphatic carbocycles. The topological polar surface area (TPSA) is 21.3 Å². The van der Waals surface area contributed by atoms with Crippen molar-refractivity contribution in [1.82, 2.24) is 5.32 Å². The maximum Gasteiger partial charge on any atom is 0.122 e. The van der Waals surface area contributed by atoms with Crippen molar-refractivity contribution in [3.05, 3.63) is 28.8 Å². The first-order valence-corrected chi connectivity index (χ1v) is 6.97. The SMILES string of the molecule is CNC(C)(C)Cc1cc(C(C)(C)C)c(OC)cc1C. The Bertz CT molecular complexity index is 441. The van der Waals surface area contributed by atoms with Gasteiger partial charge < -0.3 is 10.1 Å². The summed E-state index contributed by atoms with van der Waals surface area (Å²) in [6.07, 6.45) is 1.02. The molecule has 1 rings (SSSR count).